The van der Waals surface area contributed by atoms with E-state index in [9.17, 15) is 0 Å². The second-order valence-electron chi connectivity index (χ2n) is 4.47. The van der Waals surface area contributed by atoms with Gasteiger partial charge in [0.15, 0.2) is 0 Å². The summed E-state index contributed by atoms with van der Waals surface area (Å²) in [6.45, 7) is 0.795. The van der Waals surface area contributed by atoms with Gasteiger partial charge in [0.1, 0.15) is 0 Å². The third-order valence-corrected chi connectivity index (χ3v) is 3.65. The summed E-state index contributed by atoms with van der Waals surface area (Å²) in [7, 11) is 2.06. The van der Waals surface area contributed by atoms with E-state index in [4.69, 9.17) is 5.26 Å². The lowest BCUT2D eigenvalue weighted by atomic mass is 10.1. The number of anilines is 1. The maximum absolute atomic E-state index is 8.90. The topological polar surface area (TPSA) is 27.0 Å². The van der Waals surface area contributed by atoms with E-state index < -0.39 is 0 Å². The van der Waals surface area contributed by atoms with E-state index in [1.54, 1.807) is 0 Å². The molecule has 0 fully saturated rings. The van der Waals surface area contributed by atoms with Gasteiger partial charge in [0.25, 0.3) is 0 Å². The number of nitriles is 1. The molecule has 0 aliphatic heterocycles. The normalized spacial score (nSPS) is 9.95. The first-order valence-corrected chi connectivity index (χ1v) is 7.20. The highest BCUT2D eigenvalue weighted by atomic mass is 79.9. The maximum atomic E-state index is 8.90. The summed E-state index contributed by atoms with van der Waals surface area (Å²) in [6, 6.07) is 18.4. The van der Waals surface area contributed by atoms with Crippen molar-refractivity contribution < 1.29 is 0 Å². The van der Waals surface area contributed by atoms with Crippen LogP contribution in [0.3, 0.4) is 0 Å². The van der Waals surface area contributed by atoms with Crippen molar-refractivity contribution in [1.82, 2.24) is 0 Å². The first-order chi connectivity index (χ1) is 9.22. The van der Waals surface area contributed by atoms with Crippen molar-refractivity contribution >= 4 is 21.6 Å². The molecule has 0 spiro atoms. The Morgan fingerprint density at radius 2 is 1.84 bits per heavy atom. The molecule has 0 aliphatic carbocycles. The van der Waals surface area contributed by atoms with Gasteiger partial charge in [-0.3, -0.25) is 0 Å². The Morgan fingerprint density at radius 3 is 2.47 bits per heavy atom. The average Bonchev–Trinajstić information content (AvgIpc) is 2.47. The fourth-order valence-corrected chi connectivity index (χ4v) is 2.32. The van der Waals surface area contributed by atoms with E-state index in [-0.39, 0.29) is 0 Å². The van der Waals surface area contributed by atoms with E-state index >= 15 is 0 Å². The van der Waals surface area contributed by atoms with Crippen molar-refractivity contribution in [2.45, 2.75) is 11.9 Å². The second-order valence-corrected chi connectivity index (χ2v) is 5.03. The van der Waals surface area contributed by atoms with Crippen molar-refractivity contribution in [3.05, 3.63) is 65.2 Å². The van der Waals surface area contributed by atoms with Crippen LogP contribution >= 0.6 is 15.9 Å². The molecule has 0 bridgehead atoms. The van der Waals surface area contributed by atoms with Crippen molar-refractivity contribution in [1.29, 1.82) is 5.26 Å². The highest BCUT2D eigenvalue weighted by Crippen LogP contribution is 2.18. The van der Waals surface area contributed by atoms with Gasteiger partial charge in [-0.05, 0) is 35.4 Å². The van der Waals surface area contributed by atoms with Crippen LogP contribution in [-0.2, 0) is 11.9 Å². The molecule has 0 saturated carbocycles. The third kappa shape index (κ3) is 3.59. The van der Waals surface area contributed by atoms with E-state index in [2.05, 4.69) is 58.2 Å². The number of benzene rings is 2. The molecular weight excluding hydrogens is 300 g/mol. The van der Waals surface area contributed by atoms with E-state index in [1.165, 1.54) is 11.3 Å². The number of rotatable bonds is 4. The molecule has 0 saturated heterocycles. The Bertz CT molecular complexity index is 584. The molecule has 2 rings (SSSR count). The van der Waals surface area contributed by atoms with Crippen molar-refractivity contribution in [3.63, 3.8) is 0 Å². The van der Waals surface area contributed by atoms with Crippen LogP contribution in [0.2, 0.25) is 0 Å². The van der Waals surface area contributed by atoms with Crippen LogP contribution in [0.1, 0.15) is 16.7 Å². The highest BCUT2D eigenvalue weighted by molar-refractivity contribution is 9.08. The van der Waals surface area contributed by atoms with Gasteiger partial charge in [0, 0.05) is 24.6 Å². The minimum Gasteiger partial charge on any atom is -0.370 e. The number of alkyl halides is 1. The van der Waals surface area contributed by atoms with Crippen LogP contribution in [0.4, 0.5) is 5.69 Å². The van der Waals surface area contributed by atoms with Crippen LogP contribution in [0.25, 0.3) is 0 Å². The van der Waals surface area contributed by atoms with Crippen molar-refractivity contribution in [2.75, 3.05) is 11.9 Å². The summed E-state index contributed by atoms with van der Waals surface area (Å²) in [5, 5.41) is 9.78. The zero-order chi connectivity index (χ0) is 13.7. The number of nitrogens with zero attached hydrogens (tertiary/aromatic N) is 2. The monoisotopic (exact) mass is 314 g/mol. The lowest BCUT2D eigenvalue weighted by Crippen LogP contribution is -2.16. The molecule has 0 heterocycles. The predicted octanol–water partition coefficient (Wildman–Crippen LogP) is 4.09. The summed E-state index contributed by atoms with van der Waals surface area (Å²) in [5.41, 5.74) is 4.29. The largest absolute Gasteiger partial charge is 0.370 e. The molecular formula is C16H15BrN2. The summed E-state index contributed by atoms with van der Waals surface area (Å²) in [6.07, 6.45) is 0. The average molecular weight is 315 g/mol. The first kappa shape index (κ1) is 13.6. The summed E-state index contributed by atoms with van der Waals surface area (Å²) in [4.78, 5) is 2.18. The Labute approximate surface area is 122 Å². The Balaban J connectivity index is 2.11. The van der Waals surface area contributed by atoms with Gasteiger partial charge < -0.3 is 4.90 Å². The van der Waals surface area contributed by atoms with Crippen LogP contribution in [0.15, 0.2) is 48.5 Å². The van der Waals surface area contributed by atoms with E-state index in [0.29, 0.717) is 5.56 Å². The molecule has 0 aliphatic rings. The van der Waals surface area contributed by atoms with E-state index in [1.807, 2.05) is 24.3 Å². The van der Waals surface area contributed by atoms with Gasteiger partial charge in [0.05, 0.1) is 11.6 Å². The molecule has 0 aromatic heterocycles. The van der Waals surface area contributed by atoms with Crippen molar-refractivity contribution in [2.24, 2.45) is 0 Å². The zero-order valence-electron chi connectivity index (χ0n) is 10.8. The second kappa shape index (κ2) is 6.40. The maximum Gasteiger partial charge on any atom is 0.0991 e. The Morgan fingerprint density at radius 1 is 1.11 bits per heavy atom. The molecule has 0 amide bonds. The summed E-state index contributed by atoms with van der Waals surface area (Å²) < 4.78 is 0. The molecule has 0 radical (unpaired) electrons. The number of hydrogen-bond donors (Lipinski definition) is 0. The standard InChI is InChI=1S/C16H15BrN2/c1-19(16-7-5-13(10-17)6-8-16)12-15-4-2-3-14(9-15)11-18/h2-9H,10,12H2,1H3. The van der Waals surface area contributed by atoms with Crippen LogP contribution < -0.4 is 4.90 Å². The zero-order valence-corrected chi connectivity index (χ0v) is 12.4. The summed E-state index contributed by atoms with van der Waals surface area (Å²) >= 11 is 3.44. The van der Waals surface area contributed by atoms with Crippen molar-refractivity contribution in [3.8, 4) is 6.07 Å². The molecule has 0 unspecified atom stereocenters. The molecule has 0 atom stereocenters. The molecule has 3 heteroatoms. The number of hydrogen-bond acceptors (Lipinski definition) is 2. The summed E-state index contributed by atoms with van der Waals surface area (Å²) in [5.74, 6) is 0. The molecule has 0 N–H and O–H groups in total. The molecule has 2 nitrogen and oxygen atoms in total. The van der Waals surface area contributed by atoms with Gasteiger partial charge >= 0.3 is 0 Å². The van der Waals surface area contributed by atoms with Crippen LogP contribution in [0.5, 0.6) is 0 Å². The fourth-order valence-electron chi connectivity index (χ4n) is 1.94. The Kier molecular flexibility index (Phi) is 4.59. The van der Waals surface area contributed by atoms with Crippen LogP contribution in [-0.4, -0.2) is 7.05 Å². The van der Waals surface area contributed by atoms with Gasteiger partial charge in [-0.1, -0.05) is 40.2 Å². The lowest BCUT2D eigenvalue weighted by molar-refractivity contribution is 0.922. The van der Waals surface area contributed by atoms with Gasteiger partial charge in [-0.25, -0.2) is 0 Å². The fraction of sp³-hybridized carbons (Fsp3) is 0.188. The third-order valence-electron chi connectivity index (χ3n) is 3.01. The minimum atomic E-state index is 0.709. The smallest absolute Gasteiger partial charge is 0.0991 e. The van der Waals surface area contributed by atoms with Gasteiger partial charge in [-0.15, -0.1) is 0 Å². The van der Waals surface area contributed by atoms with Gasteiger partial charge in [0.2, 0.25) is 0 Å². The molecule has 2 aromatic carbocycles. The quantitative estimate of drug-likeness (QED) is 0.795. The Hall–Kier alpha value is -1.79. The van der Waals surface area contributed by atoms with Gasteiger partial charge in [-0.2, -0.15) is 5.26 Å². The highest BCUT2D eigenvalue weighted by Gasteiger charge is 2.03. The molecule has 96 valence electrons. The number of halogens is 1. The van der Waals surface area contributed by atoms with Crippen LogP contribution in [0, 0.1) is 11.3 Å². The first-order valence-electron chi connectivity index (χ1n) is 6.08. The lowest BCUT2D eigenvalue weighted by Gasteiger charge is -2.19. The SMILES string of the molecule is CN(Cc1cccc(C#N)c1)c1ccc(CBr)cc1. The predicted molar refractivity (Wildman–Crippen MR) is 82.3 cm³/mol. The minimum absolute atomic E-state index is 0.709. The molecule has 19 heavy (non-hydrogen) atoms. The van der Waals surface area contributed by atoms with E-state index in [0.717, 1.165) is 17.4 Å². The molecule has 2 aromatic rings.